The van der Waals surface area contributed by atoms with Crippen molar-refractivity contribution in [3.63, 3.8) is 0 Å². The summed E-state index contributed by atoms with van der Waals surface area (Å²) in [6.07, 6.45) is 4.09. The molecular formula is C11H19N3O2. The maximum atomic E-state index is 12.0. The van der Waals surface area contributed by atoms with Crippen molar-refractivity contribution >= 4 is 5.91 Å². The van der Waals surface area contributed by atoms with Gasteiger partial charge in [-0.15, -0.1) is 0 Å². The summed E-state index contributed by atoms with van der Waals surface area (Å²) < 4.78 is 5.23. The third-order valence-electron chi connectivity index (χ3n) is 2.97. The first kappa shape index (κ1) is 12.7. The van der Waals surface area contributed by atoms with Crippen LogP contribution < -0.4 is 5.32 Å². The summed E-state index contributed by atoms with van der Waals surface area (Å²) in [4.78, 5) is 12.0. The molecule has 1 aromatic rings. The number of amides is 1. The van der Waals surface area contributed by atoms with Crippen LogP contribution in [0.2, 0.25) is 0 Å². The number of aromatic nitrogens is 2. The van der Waals surface area contributed by atoms with Gasteiger partial charge in [0.25, 0.3) is 5.91 Å². The molecule has 16 heavy (non-hydrogen) atoms. The molecule has 5 heteroatoms. The lowest BCUT2D eigenvalue weighted by Gasteiger charge is -2.27. The van der Waals surface area contributed by atoms with Gasteiger partial charge in [0.2, 0.25) is 0 Å². The molecule has 0 saturated carbocycles. The van der Waals surface area contributed by atoms with E-state index in [0.717, 1.165) is 5.56 Å². The highest BCUT2D eigenvalue weighted by molar-refractivity contribution is 5.85. The second-order valence-electron chi connectivity index (χ2n) is 4.02. The van der Waals surface area contributed by atoms with Crippen molar-refractivity contribution in [3.8, 4) is 0 Å². The van der Waals surface area contributed by atoms with E-state index in [-0.39, 0.29) is 11.9 Å². The van der Waals surface area contributed by atoms with Crippen LogP contribution in [0.3, 0.4) is 0 Å². The molecule has 2 atom stereocenters. The summed E-state index contributed by atoms with van der Waals surface area (Å²) in [5.41, 5.74) is 0.181. The monoisotopic (exact) mass is 225 g/mol. The van der Waals surface area contributed by atoms with E-state index in [0.29, 0.717) is 6.42 Å². The zero-order valence-electron chi connectivity index (χ0n) is 10.2. The molecule has 1 rings (SSSR count). The van der Waals surface area contributed by atoms with E-state index in [2.05, 4.69) is 15.5 Å². The number of carbonyl (C=O) groups is 1. The van der Waals surface area contributed by atoms with Gasteiger partial charge in [0, 0.05) is 18.9 Å². The average molecular weight is 225 g/mol. The number of hydrogen-bond donors (Lipinski definition) is 2. The zero-order valence-corrected chi connectivity index (χ0v) is 10.2. The number of carbonyl (C=O) groups excluding carboxylic acids is 1. The number of nitrogens with zero attached hydrogens (tertiary/aromatic N) is 1. The molecule has 90 valence electrons. The lowest BCUT2D eigenvalue weighted by Crippen LogP contribution is -2.46. The Hall–Kier alpha value is -1.36. The van der Waals surface area contributed by atoms with Gasteiger partial charge < -0.3 is 10.1 Å². The van der Waals surface area contributed by atoms with Gasteiger partial charge >= 0.3 is 0 Å². The SMILES string of the molecule is CCC(C)(OC)C(=O)NC(C)c1cn[nH]c1. The highest BCUT2D eigenvalue weighted by atomic mass is 16.5. The van der Waals surface area contributed by atoms with Crippen LogP contribution in [-0.2, 0) is 9.53 Å². The second kappa shape index (κ2) is 5.12. The molecule has 0 fully saturated rings. The normalized spacial score (nSPS) is 16.5. The minimum Gasteiger partial charge on any atom is -0.369 e. The molecule has 2 unspecified atom stereocenters. The van der Waals surface area contributed by atoms with Crippen molar-refractivity contribution in [2.24, 2.45) is 0 Å². The van der Waals surface area contributed by atoms with Crippen LogP contribution in [0.1, 0.15) is 38.8 Å². The summed E-state index contributed by atoms with van der Waals surface area (Å²) >= 11 is 0. The largest absolute Gasteiger partial charge is 0.369 e. The quantitative estimate of drug-likeness (QED) is 0.796. The average Bonchev–Trinajstić information content (AvgIpc) is 2.81. The Balaban J connectivity index is 2.64. The van der Waals surface area contributed by atoms with E-state index >= 15 is 0 Å². The van der Waals surface area contributed by atoms with Crippen LogP contribution in [-0.4, -0.2) is 28.8 Å². The van der Waals surface area contributed by atoms with Crippen LogP contribution in [0, 0.1) is 0 Å². The van der Waals surface area contributed by atoms with Crippen molar-refractivity contribution in [3.05, 3.63) is 18.0 Å². The Labute approximate surface area is 95.6 Å². The van der Waals surface area contributed by atoms with Crippen molar-refractivity contribution < 1.29 is 9.53 Å². The van der Waals surface area contributed by atoms with Crippen molar-refractivity contribution in [2.45, 2.75) is 38.8 Å². The van der Waals surface area contributed by atoms with Gasteiger partial charge in [-0.2, -0.15) is 5.10 Å². The molecule has 0 aromatic carbocycles. The highest BCUT2D eigenvalue weighted by Crippen LogP contribution is 2.17. The summed E-state index contributed by atoms with van der Waals surface area (Å²) in [6.45, 7) is 5.62. The summed E-state index contributed by atoms with van der Waals surface area (Å²) in [7, 11) is 1.55. The van der Waals surface area contributed by atoms with E-state index in [1.807, 2.05) is 13.8 Å². The third kappa shape index (κ3) is 2.61. The van der Waals surface area contributed by atoms with Gasteiger partial charge in [0.15, 0.2) is 0 Å². The lowest BCUT2D eigenvalue weighted by molar-refractivity contribution is -0.142. The molecule has 0 spiro atoms. The smallest absolute Gasteiger partial charge is 0.252 e. The molecular weight excluding hydrogens is 206 g/mol. The minimum absolute atomic E-state index is 0.0766. The molecule has 1 aromatic heterocycles. The van der Waals surface area contributed by atoms with Gasteiger partial charge in [-0.05, 0) is 20.3 Å². The number of hydrogen-bond acceptors (Lipinski definition) is 3. The Kier molecular flexibility index (Phi) is 4.06. The summed E-state index contributed by atoms with van der Waals surface area (Å²) in [6, 6.07) is -0.0766. The van der Waals surface area contributed by atoms with Crippen LogP contribution in [0.5, 0.6) is 0 Å². The van der Waals surface area contributed by atoms with Gasteiger partial charge in [0.1, 0.15) is 5.60 Å². The maximum Gasteiger partial charge on any atom is 0.252 e. The number of aromatic amines is 1. The van der Waals surface area contributed by atoms with Crippen LogP contribution in [0.15, 0.2) is 12.4 Å². The van der Waals surface area contributed by atoms with Gasteiger partial charge in [0.05, 0.1) is 12.2 Å². The first-order valence-corrected chi connectivity index (χ1v) is 5.38. The number of nitrogens with one attached hydrogen (secondary N) is 2. The fourth-order valence-corrected chi connectivity index (χ4v) is 1.33. The molecule has 0 radical (unpaired) electrons. The standard InChI is InChI=1S/C11H19N3O2/c1-5-11(3,16-4)10(15)14-8(2)9-6-12-13-7-9/h6-8H,5H2,1-4H3,(H,12,13)(H,14,15). The zero-order chi connectivity index (χ0) is 12.2. The van der Waals surface area contributed by atoms with Gasteiger partial charge in [-0.1, -0.05) is 6.92 Å². The molecule has 2 N–H and O–H groups in total. The third-order valence-corrected chi connectivity index (χ3v) is 2.97. The fourth-order valence-electron chi connectivity index (χ4n) is 1.33. The number of rotatable bonds is 5. The fraction of sp³-hybridized carbons (Fsp3) is 0.636. The van der Waals surface area contributed by atoms with Gasteiger partial charge in [-0.25, -0.2) is 0 Å². The van der Waals surface area contributed by atoms with E-state index < -0.39 is 5.60 Å². The van der Waals surface area contributed by atoms with Crippen LogP contribution >= 0.6 is 0 Å². The topological polar surface area (TPSA) is 67.0 Å². The minimum atomic E-state index is -0.766. The molecule has 5 nitrogen and oxygen atoms in total. The van der Waals surface area contributed by atoms with Crippen LogP contribution in [0.4, 0.5) is 0 Å². The molecule has 1 amide bonds. The Morgan fingerprint density at radius 2 is 2.44 bits per heavy atom. The van der Waals surface area contributed by atoms with E-state index in [1.54, 1.807) is 26.4 Å². The van der Waals surface area contributed by atoms with Crippen molar-refractivity contribution in [2.75, 3.05) is 7.11 Å². The molecule has 0 bridgehead atoms. The second-order valence-corrected chi connectivity index (χ2v) is 4.02. The predicted molar refractivity (Wildman–Crippen MR) is 60.9 cm³/mol. The Morgan fingerprint density at radius 1 is 1.75 bits per heavy atom. The van der Waals surface area contributed by atoms with E-state index in [1.165, 1.54) is 0 Å². The van der Waals surface area contributed by atoms with Crippen LogP contribution in [0.25, 0.3) is 0 Å². The first-order valence-electron chi connectivity index (χ1n) is 5.38. The number of methoxy groups -OCH3 is 1. The van der Waals surface area contributed by atoms with Gasteiger partial charge in [-0.3, -0.25) is 9.89 Å². The Morgan fingerprint density at radius 3 is 2.88 bits per heavy atom. The first-order chi connectivity index (χ1) is 7.53. The molecule has 0 saturated heterocycles. The summed E-state index contributed by atoms with van der Waals surface area (Å²) in [5.74, 6) is -0.105. The highest BCUT2D eigenvalue weighted by Gasteiger charge is 2.31. The molecule has 0 aliphatic carbocycles. The number of H-pyrrole nitrogens is 1. The van der Waals surface area contributed by atoms with E-state index in [9.17, 15) is 4.79 Å². The van der Waals surface area contributed by atoms with E-state index in [4.69, 9.17) is 4.74 Å². The number of ether oxygens (including phenoxy) is 1. The predicted octanol–water partition coefficient (Wildman–Crippen LogP) is 1.40. The summed E-state index contributed by atoms with van der Waals surface area (Å²) in [5, 5.41) is 9.46. The molecule has 0 aliphatic rings. The Bertz CT molecular complexity index is 331. The van der Waals surface area contributed by atoms with Crippen molar-refractivity contribution in [1.29, 1.82) is 0 Å². The molecule has 0 aliphatic heterocycles. The maximum absolute atomic E-state index is 12.0. The van der Waals surface area contributed by atoms with Crippen molar-refractivity contribution in [1.82, 2.24) is 15.5 Å². The lowest BCUT2D eigenvalue weighted by atomic mass is 10.0. The molecule has 1 heterocycles.